The van der Waals surface area contributed by atoms with Crippen molar-refractivity contribution in [2.45, 2.75) is 69.9 Å². The Morgan fingerprint density at radius 3 is 2.12 bits per heavy atom. The summed E-state index contributed by atoms with van der Waals surface area (Å²) in [6, 6.07) is 7.34. The third kappa shape index (κ3) is 10.9. The van der Waals surface area contributed by atoms with Gasteiger partial charge in [0.05, 0.1) is 19.1 Å². The van der Waals surface area contributed by atoms with Crippen LogP contribution in [0.5, 0.6) is 0 Å². The normalized spacial score (nSPS) is 15.9. The lowest BCUT2D eigenvalue weighted by Crippen LogP contribution is -2.51. The quantitative estimate of drug-likeness (QED) is 0.172. The fourth-order valence-corrected chi connectivity index (χ4v) is 2.63. The summed E-state index contributed by atoms with van der Waals surface area (Å²) in [5.74, 6) is -1.69. The molecule has 7 N–H and O–H groups in total. The first-order valence-corrected chi connectivity index (χ1v) is 10.6. The summed E-state index contributed by atoms with van der Waals surface area (Å²) in [5.41, 5.74) is -0.164. The van der Waals surface area contributed by atoms with Crippen LogP contribution in [0.15, 0.2) is 30.3 Å². The molecule has 0 aliphatic rings. The van der Waals surface area contributed by atoms with Gasteiger partial charge in [-0.25, -0.2) is 9.59 Å². The molecule has 0 aliphatic heterocycles. The molecule has 12 heteroatoms. The maximum atomic E-state index is 12.6. The molecule has 1 rings (SSSR count). The largest absolute Gasteiger partial charge is 0.459 e. The molecule has 2 amide bonds. The second-order valence-corrected chi connectivity index (χ2v) is 8.60. The third-order valence-electron chi connectivity index (χ3n) is 4.42. The van der Waals surface area contributed by atoms with E-state index < -0.39 is 73.6 Å². The third-order valence-corrected chi connectivity index (χ3v) is 4.42. The number of rotatable bonds is 12. The number of hydrogen-bond donors (Lipinski definition) is 7. The SMILES string of the molecule is CC(C)(C)OC(=O)NC(CC(=O)NC[C@H](O)[C@@H](O)[C@H](O)[C@H](O)CO)C(=O)OCc1ccccc1. The maximum Gasteiger partial charge on any atom is 0.408 e. The molecule has 12 nitrogen and oxygen atoms in total. The number of carbonyl (C=O) groups excluding carboxylic acids is 3. The van der Waals surface area contributed by atoms with E-state index >= 15 is 0 Å². The summed E-state index contributed by atoms with van der Waals surface area (Å²) in [6.45, 7) is 3.38. The number of carbonyl (C=O) groups is 3. The monoisotopic (exact) mass is 486 g/mol. The Labute approximate surface area is 197 Å². The molecule has 0 heterocycles. The lowest BCUT2D eigenvalue weighted by molar-refractivity contribution is -0.149. The van der Waals surface area contributed by atoms with Crippen LogP contribution < -0.4 is 10.6 Å². The highest BCUT2D eigenvalue weighted by Gasteiger charge is 2.31. The van der Waals surface area contributed by atoms with Crippen LogP contribution in [0.3, 0.4) is 0 Å². The van der Waals surface area contributed by atoms with E-state index in [9.17, 15) is 34.8 Å². The van der Waals surface area contributed by atoms with Crippen molar-refractivity contribution in [2.75, 3.05) is 13.2 Å². The van der Waals surface area contributed by atoms with Crippen LogP contribution in [0, 0.1) is 0 Å². The fourth-order valence-electron chi connectivity index (χ4n) is 2.63. The standard InChI is InChI=1S/C22H34N2O10/c1-22(2,3)34-21(32)24-14(20(31)33-12-13-7-5-4-6-8-13)9-17(28)23-10-15(26)18(29)19(30)16(27)11-25/h4-8,14-16,18-19,25-27,29-30H,9-12H2,1-3H3,(H,23,28)(H,24,32)/t14?,15-,16+,18+,19+/m0/s1. The minimum absolute atomic E-state index is 0.0935. The van der Waals surface area contributed by atoms with Gasteiger partial charge in [0.1, 0.15) is 36.6 Å². The van der Waals surface area contributed by atoms with Crippen LogP contribution in [0.2, 0.25) is 0 Å². The van der Waals surface area contributed by atoms with Gasteiger partial charge in [-0.3, -0.25) is 4.79 Å². The Morgan fingerprint density at radius 1 is 0.971 bits per heavy atom. The number of aliphatic hydroxyl groups is 5. The van der Waals surface area contributed by atoms with E-state index in [-0.39, 0.29) is 6.61 Å². The highest BCUT2D eigenvalue weighted by Crippen LogP contribution is 2.09. The Balaban J connectivity index is 2.74. The van der Waals surface area contributed by atoms with E-state index in [2.05, 4.69) is 10.6 Å². The van der Waals surface area contributed by atoms with Gasteiger partial charge in [0, 0.05) is 6.54 Å². The average molecular weight is 487 g/mol. The van der Waals surface area contributed by atoms with Crippen LogP contribution in [-0.2, 0) is 25.7 Å². The summed E-state index contributed by atoms with van der Waals surface area (Å²) in [5, 5.41) is 52.0. The molecule has 192 valence electrons. The molecule has 5 atom stereocenters. The van der Waals surface area contributed by atoms with Crippen molar-refractivity contribution in [1.29, 1.82) is 0 Å². The number of hydrogen-bond acceptors (Lipinski definition) is 10. The lowest BCUT2D eigenvalue weighted by Gasteiger charge is -2.26. The van der Waals surface area contributed by atoms with Crippen molar-refractivity contribution in [3.05, 3.63) is 35.9 Å². The fraction of sp³-hybridized carbons (Fsp3) is 0.591. The van der Waals surface area contributed by atoms with Crippen LogP contribution in [-0.4, -0.2) is 92.7 Å². The zero-order valence-electron chi connectivity index (χ0n) is 19.4. The van der Waals surface area contributed by atoms with E-state index in [1.54, 1.807) is 51.1 Å². The molecule has 0 aromatic heterocycles. The van der Waals surface area contributed by atoms with E-state index in [4.69, 9.17) is 14.6 Å². The predicted molar refractivity (Wildman–Crippen MR) is 118 cm³/mol. The molecule has 0 saturated carbocycles. The van der Waals surface area contributed by atoms with E-state index in [1.165, 1.54) is 0 Å². The van der Waals surface area contributed by atoms with Crippen LogP contribution in [0.4, 0.5) is 4.79 Å². The van der Waals surface area contributed by atoms with E-state index in [0.29, 0.717) is 5.56 Å². The number of amides is 2. The molecule has 0 fully saturated rings. The van der Waals surface area contributed by atoms with Gasteiger partial charge < -0.3 is 45.6 Å². The molecule has 0 spiro atoms. The molecule has 1 aromatic carbocycles. The Morgan fingerprint density at radius 2 is 1.56 bits per heavy atom. The number of ether oxygens (including phenoxy) is 2. The van der Waals surface area contributed by atoms with Crippen molar-refractivity contribution in [3.63, 3.8) is 0 Å². The number of esters is 1. The molecular weight excluding hydrogens is 452 g/mol. The number of aliphatic hydroxyl groups excluding tert-OH is 5. The van der Waals surface area contributed by atoms with Gasteiger partial charge >= 0.3 is 12.1 Å². The Hall–Kier alpha value is -2.77. The predicted octanol–water partition coefficient (Wildman–Crippen LogP) is -1.43. The maximum absolute atomic E-state index is 12.6. The Kier molecular flexibility index (Phi) is 11.9. The summed E-state index contributed by atoms with van der Waals surface area (Å²) >= 11 is 0. The smallest absolute Gasteiger partial charge is 0.408 e. The van der Waals surface area contributed by atoms with Gasteiger partial charge in [-0.2, -0.15) is 0 Å². The van der Waals surface area contributed by atoms with Crippen molar-refractivity contribution >= 4 is 18.0 Å². The van der Waals surface area contributed by atoms with Gasteiger partial charge in [-0.1, -0.05) is 30.3 Å². The minimum atomic E-state index is -1.87. The van der Waals surface area contributed by atoms with Gasteiger partial charge in [0.25, 0.3) is 0 Å². The van der Waals surface area contributed by atoms with Gasteiger partial charge in [-0.15, -0.1) is 0 Å². The van der Waals surface area contributed by atoms with Gasteiger partial charge in [-0.05, 0) is 26.3 Å². The first kappa shape index (κ1) is 29.3. The molecule has 0 radical (unpaired) electrons. The topological polar surface area (TPSA) is 195 Å². The molecule has 1 unspecified atom stereocenters. The first-order valence-electron chi connectivity index (χ1n) is 10.6. The van der Waals surface area contributed by atoms with Crippen molar-refractivity contribution < 1.29 is 49.4 Å². The molecule has 0 bridgehead atoms. The van der Waals surface area contributed by atoms with Crippen LogP contribution >= 0.6 is 0 Å². The number of alkyl carbamates (subject to hydrolysis) is 1. The van der Waals surface area contributed by atoms with Crippen molar-refractivity contribution in [3.8, 4) is 0 Å². The first-order chi connectivity index (χ1) is 15.8. The summed E-state index contributed by atoms with van der Waals surface area (Å²) < 4.78 is 10.3. The van der Waals surface area contributed by atoms with Gasteiger partial charge in [0.15, 0.2) is 0 Å². The second-order valence-electron chi connectivity index (χ2n) is 8.60. The summed E-state index contributed by atoms with van der Waals surface area (Å²) in [4.78, 5) is 37.0. The zero-order valence-corrected chi connectivity index (χ0v) is 19.4. The lowest BCUT2D eigenvalue weighted by atomic mass is 10.0. The number of benzene rings is 1. The highest BCUT2D eigenvalue weighted by atomic mass is 16.6. The molecule has 0 saturated heterocycles. The molecule has 0 aliphatic carbocycles. The van der Waals surface area contributed by atoms with E-state index in [1.807, 2.05) is 0 Å². The average Bonchev–Trinajstić information content (AvgIpc) is 2.78. The molecule has 34 heavy (non-hydrogen) atoms. The van der Waals surface area contributed by atoms with Crippen molar-refractivity contribution in [2.24, 2.45) is 0 Å². The van der Waals surface area contributed by atoms with Crippen LogP contribution in [0.1, 0.15) is 32.8 Å². The van der Waals surface area contributed by atoms with Crippen molar-refractivity contribution in [1.82, 2.24) is 10.6 Å². The summed E-state index contributed by atoms with van der Waals surface area (Å²) in [7, 11) is 0. The second kappa shape index (κ2) is 13.8. The summed E-state index contributed by atoms with van der Waals surface area (Å²) in [6.07, 6.45) is -8.62. The van der Waals surface area contributed by atoms with E-state index in [0.717, 1.165) is 0 Å². The zero-order chi connectivity index (χ0) is 25.9. The Bertz CT molecular complexity index is 784. The molecule has 1 aromatic rings. The highest BCUT2D eigenvalue weighted by molar-refractivity contribution is 5.88. The minimum Gasteiger partial charge on any atom is -0.459 e. The van der Waals surface area contributed by atoms with Crippen LogP contribution in [0.25, 0.3) is 0 Å². The molecular formula is C22H34N2O10. The number of nitrogens with one attached hydrogen (secondary N) is 2. The van der Waals surface area contributed by atoms with Gasteiger partial charge in [0.2, 0.25) is 5.91 Å².